The predicted molar refractivity (Wildman–Crippen MR) is 83.1 cm³/mol. The molecule has 1 heterocycles. The van der Waals surface area contributed by atoms with Crippen LogP contribution in [-0.4, -0.2) is 37.0 Å². The molecule has 1 fully saturated rings. The van der Waals surface area contributed by atoms with E-state index in [2.05, 4.69) is 18.3 Å². The number of hydrogen-bond acceptors (Lipinski definition) is 2. The number of amides is 1. The van der Waals surface area contributed by atoms with Gasteiger partial charge in [0.1, 0.15) is 0 Å². The van der Waals surface area contributed by atoms with E-state index in [1.54, 1.807) is 0 Å². The molecule has 0 aromatic heterocycles. The van der Waals surface area contributed by atoms with E-state index in [0.717, 1.165) is 42.9 Å². The van der Waals surface area contributed by atoms with Crippen molar-refractivity contribution in [3.8, 4) is 0 Å². The van der Waals surface area contributed by atoms with Gasteiger partial charge in [-0.2, -0.15) is 0 Å². The largest absolute Gasteiger partial charge is 0.339 e. The summed E-state index contributed by atoms with van der Waals surface area (Å²) < 4.78 is 0. The van der Waals surface area contributed by atoms with E-state index in [-0.39, 0.29) is 5.91 Å². The van der Waals surface area contributed by atoms with Crippen LogP contribution in [0.5, 0.6) is 0 Å². The maximum atomic E-state index is 12.7. The van der Waals surface area contributed by atoms with Crippen LogP contribution in [0.25, 0.3) is 0 Å². The van der Waals surface area contributed by atoms with Gasteiger partial charge in [-0.15, -0.1) is 0 Å². The van der Waals surface area contributed by atoms with Gasteiger partial charge in [-0.25, -0.2) is 0 Å². The number of benzene rings is 1. The second-order valence-electron chi connectivity index (χ2n) is 5.86. The summed E-state index contributed by atoms with van der Waals surface area (Å²) in [5.74, 6) is 0.831. The third kappa shape index (κ3) is 3.60. The maximum absolute atomic E-state index is 12.7. The van der Waals surface area contributed by atoms with Crippen LogP contribution >= 0.6 is 0 Å². The maximum Gasteiger partial charge on any atom is 0.254 e. The van der Waals surface area contributed by atoms with E-state index in [1.807, 2.05) is 30.9 Å². The average Bonchev–Trinajstić information content (AvgIpc) is 2.47. The lowest BCUT2D eigenvalue weighted by molar-refractivity contribution is 0.0726. The summed E-state index contributed by atoms with van der Waals surface area (Å²) in [6, 6.07) is 6.12. The zero-order valence-electron chi connectivity index (χ0n) is 12.9. The minimum Gasteiger partial charge on any atom is -0.339 e. The summed E-state index contributed by atoms with van der Waals surface area (Å²) in [4.78, 5) is 14.7. The zero-order chi connectivity index (χ0) is 14.5. The van der Waals surface area contributed by atoms with Gasteiger partial charge in [-0.1, -0.05) is 17.7 Å². The Morgan fingerprint density at radius 2 is 2.00 bits per heavy atom. The van der Waals surface area contributed by atoms with Gasteiger partial charge in [-0.3, -0.25) is 4.79 Å². The first-order chi connectivity index (χ1) is 9.61. The first-order valence-corrected chi connectivity index (χ1v) is 7.69. The van der Waals surface area contributed by atoms with Gasteiger partial charge in [-0.05, 0) is 64.3 Å². The van der Waals surface area contributed by atoms with Crippen LogP contribution in [0, 0.1) is 19.8 Å². The Hall–Kier alpha value is -1.35. The summed E-state index contributed by atoms with van der Waals surface area (Å²) in [6.07, 6.45) is 2.35. The lowest BCUT2D eigenvalue weighted by atomic mass is 9.96. The van der Waals surface area contributed by atoms with E-state index in [1.165, 1.54) is 12.8 Å². The number of hydrogen-bond donors (Lipinski definition) is 1. The smallest absolute Gasteiger partial charge is 0.254 e. The molecule has 0 bridgehead atoms. The highest BCUT2D eigenvalue weighted by atomic mass is 16.2. The van der Waals surface area contributed by atoms with Gasteiger partial charge in [0.05, 0.1) is 0 Å². The van der Waals surface area contributed by atoms with E-state index in [0.29, 0.717) is 5.92 Å². The fourth-order valence-corrected chi connectivity index (χ4v) is 2.87. The van der Waals surface area contributed by atoms with Crippen molar-refractivity contribution >= 4 is 5.91 Å². The Morgan fingerprint density at radius 1 is 1.30 bits per heavy atom. The van der Waals surface area contributed by atoms with Gasteiger partial charge < -0.3 is 10.2 Å². The van der Waals surface area contributed by atoms with Crippen LogP contribution in [0.3, 0.4) is 0 Å². The first kappa shape index (κ1) is 15.0. The van der Waals surface area contributed by atoms with Crippen molar-refractivity contribution in [2.24, 2.45) is 5.92 Å². The number of aryl methyl sites for hydroxylation is 2. The fraction of sp³-hybridized carbons (Fsp3) is 0.588. The molecule has 1 aliphatic heterocycles. The summed E-state index contributed by atoms with van der Waals surface area (Å²) in [5, 5.41) is 3.38. The SMILES string of the molecule is CCN(CC1CCNCC1)C(=O)c1cc(C)ccc1C. The second kappa shape index (κ2) is 6.89. The van der Waals surface area contributed by atoms with Crippen molar-refractivity contribution in [3.63, 3.8) is 0 Å². The molecule has 1 amide bonds. The molecule has 0 radical (unpaired) electrons. The third-order valence-corrected chi connectivity index (χ3v) is 4.23. The Labute approximate surface area is 122 Å². The standard InChI is InChI=1S/C17H26N2O/c1-4-19(12-15-7-9-18-10-8-15)17(20)16-11-13(2)5-6-14(16)3/h5-6,11,15,18H,4,7-10,12H2,1-3H3. The molecule has 1 aliphatic rings. The minimum atomic E-state index is 0.187. The predicted octanol–water partition coefficient (Wildman–Crippen LogP) is 2.77. The normalized spacial score (nSPS) is 16.1. The highest BCUT2D eigenvalue weighted by Crippen LogP contribution is 2.17. The van der Waals surface area contributed by atoms with Gasteiger partial charge in [0, 0.05) is 18.7 Å². The molecule has 3 nitrogen and oxygen atoms in total. The molecule has 0 spiro atoms. The molecule has 1 N–H and O–H groups in total. The third-order valence-electron chi connectivity index (χ3n) is 4.23. The number of rotatable bonds is 4. The van der Waals surface area contributed by atoms with E-state index < -0.39 is 0 Å². The molecule has 0 aliphatic carbocycles. The molecule has 2 rings (SSSR count). The monoisotopic (exact) mass is 274 g/mol. The molecule has 1 saturated heterocycles. The Balaban J connectivity index is 2.09. The number of carbonyl (C=O) groups is 1. The highest BCUT2D eigenvalue weighted by Gasteiger charge is 2.21. The summed E-state index contributed by atoms with van der Waals surface area (Å²) in [7, 11) is 0. The van der Waals surface area contributed by atoms with Crippen LogP contribution in [-0.2, 0) is 0 Å². The van der Waals surface area contributed by atoms with E-state index >= 15 is 0 Å². The van der Waals surface area contributed by atoms with Gasteiger partial charge in [0.2, 0.25) is 0 Å². The molecule has 1 aromatic carbocycles. The summed E-state index contributed by atoms with van der Waals surface area (Å²) >= 11 is 0. The molecule has 0 unspecified atom stereocenters. The van der Waals surface area contributed by atoms with Crippen LogP contribution < -0.4 is 5.32 Å². The van der Waals surface area contributed by atoms with Crippen molar-refractivity contribution in [1.82, 2.24) is 10.2 Å². The molecule has 1 aromatic rings. The topological polar surface area (TPSA) is 32.3 Å². The second-order valence-corrected chi connectivity index (χ2v) is 5.86. The molecule has 110 valence electrons. The van der Waals surface area contributed by atoms with Crippen molar-refractivity contribution in [2.75, 3.05) is 26.2 Å². The van der Waals surface area contributed by atoms with Gasteiger partial charge in [0.25, 0.3) is 5.91 Å². The van der Waals surface area contributed by atoms with Crippen LogP contribution in [0.2, 0.25) is 0 Å². The Bertz CT molecular complexity index is 464. The Morgan fingerprint density at radius 3 is 2.65 bits per heavy atom. The zero-order valence-corrected chi connectivity index (χ0v) is 12.9. The van der Waals surface area contributed by atoms with Crippen molar-refractivity contribution in [1.29, 1.82) is 0 Å². The molecule has 3 heteroatoms. The van der Waals surface area contributed by atoms with E-state index in [4.69, 9.17) is 0 Å². The highest BCUT2D eigenvalue weighted by molar-refractivity contribution is 5.95. The van der Waals surface area contributed by atoms with Crippen LogP contribution in [0.4, 0.5) is 0 Å². The molecule has 0 saturated carbocycles. The van der Waals surface area contributed by atoms with Gasteiger partial charge >= 0.3 is 0 Å². The molecular formula is C17H26N2O. The van der Waals surface area contributed by atoms with Gasteiger partial charge in [0.15, 0.2) is 0 Å². The lowest BCUT2D eigenvalue weighted by Crippen LogP contribution is -2.39. The van der Waals surface area contributed by atoms with Crippen LogP contribution in [0.15, 0.2) is 18.2 Å². The Kier molecular flexibility index (Phi) is 5.18. The molecule has 0 atom stereocenters. The minimum absolute atomic E-state index is 0.187. The lowest BCUT2D eigenvalue weighted by Gasteiger charge is -2.30. The molecule has 20 heavy (non-hydrogen) atoms. The summed E-state index contributed by atoms with van der Waals surface area (Å²) in [6.45, 7) is 9.98. The average molecular weight is 274 g/mol. The van der Waals surface area contributed by atoms with Crippen molar-refractivity contribution < 1.29 is 4.79 Å². The van der Waals surface area contributed by atoms with Crippen molar-refractivity contribution in [3.05, 3.63) is 34.9 Å². The summed E-state index contributed by atoms with van der Waals surface area (Å²) in [5.41, 5.74) is 3.09. The quantitative estimate of drug-likeness (QED) is 0.915. The van der Waals surface area contributed by atoms with E-state index in [9.17, 15) is 4.79 Å². The first-order valence-electron chi connectivity index (χ1n) is 7.69. The fourth-order valence-electron chi connectivity index (χ4n) is 2.87. The molecular weight excluding hydrogens is 248 g/mol. The van der Waals surface area contributed by atoms with Crippen molar-refractivity contribution in [2.45, 2.75) is 33.6 Å². The number of piperidine rings is 1. The number of nitrogens with zero attached hydrogens (tertiary/aromatic N) is 1. The number of nitrogens with one attached hydrogen (secondary N) is 1. The van der Waals surface area contributed by atoms with Crippen LogP contribution in [0.1, 0.15) is 41.3 Å². The number of carbonyl (C=O) groups excluding carboxylic acids is 1.